The highest BCUT2D eigenvalue weighted by atomic mass is 35.5. The van der Waals surface area contributed by atoms with Gasteiger partial charge in [0.1, 0.15) is 16.7 Å². The third-order valence-electron chi connectivity index (χ3n) is 6.36. The number of halogens is 5. The number of carbonyl (C=O) groups excluding carboxylic acids is 3. The van der Waals surface area contributed by atoms with Crippen LogP contribution in [0.5, 0.6) is 5.75 Å². The Morgan fingerprint density at radius 3 is 2.10 bits per heavy atom. The van der Waals surface area contributed by atoms with Crippen molar-refractivity contribution in [2.24, 2.45) is 5.73 Å². The van der Waals surface area contributed by atoms with Gasteiger partial charge in [0.05, 0.1) is 18.1 Å². The Balaban J connectivity index is 2.36. The molecule has 4 N–H and O–H groups in total. The van der Waals surface area contributed by atoms with E-state index in [0.717, 1.165) is 6.07 Å². The van der Waals surface area contributed by atoms with Crippen LogP contribution in [-0.2, 0) is 40.2 Å². The highest BCUT2D eigenvalue weighted by Crippen LogP contribution is 2.29. The lowest BCUT2D eigenvalue weighted by atomic mass is 10.0. The van der Waals surface area contributed by atoms with Gasteiger partial charge in [0.2, 0.25) is 15.9 Å². The van der Waals surface area contributed by atoms with Crippen molar-refractivity contribution in [3.8, 4) is 5.75 Å². The first-order chi connectivity index (χ1) is 22.4. The van der Waals surface area contributed by atoms with Crippen molar-refractivity contribution in [2.45, 2.75) is 69.9 Å². The number of ether oxygens (including phenoxy) is 4. The second-order valence-electron chi connectivity index (χ2n) is 10.2. The lowest BCUT2D eigenvalue weighted by molar-refractivity contribution is -0.274. The summed E-state index contributed by atoms with van der Waals surface area (Å²) in [5.74, 6) is -2.44. The summed E-state index contributed by atoms with van der Waals surface area (Å²) < 4.78 is 85.4. The molecule has 2 atom stereocenters. The monoisotopic (exact) mass is 744 g/mol. The molecule has 0 radical (unpaired) electrons. The standard InChI is InChI=1S/C29H37Cl2F3N4O9S/c1-5-44-25(45-6-2)16-38(17(3)4)27(40)22(13-18-7-9-19(30)10-8-18)37-26(39)23(46-28(35)41)15-36-48(42,43)24-12-11-20(14-21(24)31)47-29(32,33)34/h7-12,14,17,22-23,25,36H,5-6,13,15-16H2,1-4H3,(H2,35,41)(H,37,39). The first kappa shape index (κ1) is 40.8. The average Bonchev–Trinajstić information content (AvgIpc) is 2.97. The molecule has 19 heteroatoms. The van der Waals surface area contributed by atoms with Crippen LogP contribution in [0.2, 0.25) is 10.0 Å². The molecular formula is C29H37Cl2F3N4O9S. The molecule has 0 spiro atoms. The first-order valence-electron chi connectivity index (χ1n) is 14.5. The van der Waals surface area contributed by atoms with Crippen molar-refractivity contribution in [1.82, 2.24) is 14.9 Å². The topological polar surface area (TPSA) is 176 Å². The lowest BCUT2D eigenvalue weighted by Crippen LogP contribution is -2.56. The van der Waals surface area contributed by atoms with Crippen LogP contribution in [0.15, 0.2) is 47.4 Å². The third-order valence-corrected chi connectivity index (χ3v) is 8.52. The number of nitrogens with one attached hydrogen (secondary N) is 2. The van der Waals surface area contributed by atoms with Crippen LogP contribution in [0.25, 0.3) is 0 Å². The van der Waals surface area contributed by atoms with Gasteiger partial charge in [0, 0.05) is 36.8 Å². The molecule has 0 aliphatic carbocycles. The number of nitrogens with two attached hydrogens (primary N) is 1. The second kappa shape index (κ2) is 18.4. The Kier molecular flexibility index (Phi) is 15.7. The number of sulfonamides is 1. The zero-order valence-corrected chi connectivity index (χ0v) is 28.7. The van der Waals surface area contributed by atoms with Crippen LogP contribution in [-0.4, -0.2) is 88.4 Å². The molecule has 13 nitrogen and oxygen atoms in total. The molecular weight excluding hydrogens is 708 g/mol. The van der Waals surface area contributed by atoms with Crippen LogP contribution in [0, 0.1) is 0 Å². The van der Waals surface area contributed by atoms with E-state index in [1.807, 2.05) is 4.72 Å². The lowest BCUT2D eigenvalue weighted by Gasteiger charge is -2.34. The minimum atomic E-state index is -5.05. The van der Waals surface area contributed by atoms with E-state index in [1.165, 1.54) is 4.90 Å². The molecule has 0 heterocycles. The van der Waals surface area contributed by atoms with E-state index >= 15 is 0 Å². The summed E-state index contributed by atoms with van der Waals surface area (Å²) in [5, 5.41) is 2.30. The van der Waals surface area contributed by atoms with Crippen molar-refractivity contribution >= 4 is 51.1 Å². The van der Waals surface area contributed by atoms with Gasteiger partial charge in [0.25, 0.3) is 5.91 Å². The van der Waals surface area contributed by atoms with E-state index in [9.17, 15) is 36.0 Å². The maximum atomic E-state index is 14.0. The molecule has 0 fully saturated rings. The van der Waals surface area contributed by atoms with Crippen molar-refractivity contribution in [3.63, 3.8) is 0 Å². The van der Waals surface area contributed by atoms with E-state index in [4.69, 9.17) is 43.1 Å². The second-order valence-corrected chi connectivity index (χ2v) is 12.8. The minimum Gasteiger partial charge on any atom is -0.435 e. The van der Waals surface area contributed by atoms with Crippen LogP contribution in [0.1, 0.15) is 33.3 Å². The Bertz CT molecular complexity index is 1490. The molecule has 2 aromatic carbocycles. The van der Waals surface area contributed by atoms with Crippen LogP contribution in [0.4, 0.5) is 18.0 Å². The quantitative estimate of drug-likeness (QED) is 0.191. The van der Waals surface area contributed by atoms with Gasteiger partial charge in [-0.25, -0.2) is 17.9 Å². The molecule has 0 aliphatic heterocycles. The molecule has 0 bridgehead atoms. The maximum absolute atomic E-state index is 14.0. The van der Waals surface area contributed by atoms with Gasteiger partial charge in [-0.1, -0.05) is 35.3 Å². The smallest absolute Gasteiger partial charge is 0.435 e. The van der Waals surface area contributed by atoms with Gasteiger partial charge in [-0.3, -0.25) is 9.59 Å². The Hall–Kier alpha value is -3.35. The molecule has 0 aromatic heterocycles. The van der Waals surface area contributed by atoms with Crippen molar-refractivity contribution < 1.29 is 54.9 Å². The van der Waals surface area contributed by atoms with Gasteiger partial charge in [0.15, 0.2) is 12.4 Å². The van der Waals surface area contributed by atoms with E-state index in [2.05, 4.69) is 10.1 Å². The molecule has 2 aromatic rings. The van der Waals surface area contributed by atoms with Crippen molar-refractivity contribution in [2.75, 3.05) is 26.3 Å². The van der Waals surface area contributed by atoms with E-state index in [-0.39, 0.29) is 13.0 Å². The SMILES string of the molecule is CCOC(CN(C(=O)C(Cc1ccc(Cl)cc1)NC(=O)C(CNS(=O)(=O)c1ccc(OC(F)(F)F)cc1Cl)OC(N)=O)C(C)C)OCC. The van der Waals surface area contributed by atoms with E-state index in [0.29, 0.717) is 35.9 Å². The molecule has 2 rings (SSSR count). The molecule has 2 unspecified atom stereocenters. The summed E-state index contributed by atoms with van der Waals surface area (Å²) in [4.78, 5) is 39.9. The summed E-state index contributed by atoms with van der Waals surface area (Å²) in [7, 11) is -4.61. The highest BCUT2D eigenvalue weighted by Gasteiger charge is 2.35. The summed E-state index contributed by atoms with van der Waals surface area (Å²) in [6.45, 7) is 6.71. The number of hydrogen-bond acceptors (Lipinski definition) is 9. The zero-order valence-electron chi connectivity index (χ0n) is 26.4. The van der Waals surface area contributed by atoms with Crippen LogP contribution >= 0.6 is 23.2 Å². The largest absolute Gasteiger partial charge is 0.573 e. The highest BCUT2D eigenvalue weighted by molar-refractivity contribution is 7.89. The molecule has 268 valence electrons. The normalized spacial score (nSPS) is 13.2. The number of benzene rings is 2. The Labute approximate surface area is 286 Å². The van der Waals surface area contributed by atoms with Gasteiger partial charge in [-0.15, -0.1) is 13.2 Å². The fourth-order valence-corrected chi connectivity index (χ4v) is 5.94. The van der Waals surface area contributed by atoms with Gasteiger partial charge < -0.3 is 34.9 Å². The minimum absolute atomic E-state index is 0.000256. The zero-order chi connectivity index (χ0) is 36.2. The van der Waals surface area contributed by atoms with Gasteiger partial charge in [-0.2, -0.15) is 0 Å². The number of rotatable bonds is 18. The van der Waals surface area contributed by atoms with Crippen molar-refractivity contribution in [1.29, 1.82) is 0 Å². The van der Waals surface area contributed by atoms with Gasteiger partial charge in [-0.05, 0) is 57.5 Å². The summed E-state index contributed by atoms with van der Waals surface area (Å²) in [6, 6.07) is 6.85. The molecule has 0 saturated heterocycles. The summed E-state index contributed by atoms with van der Waals surface area (Å²) >= 11 is 11.9. The Morgan fingerprint density at radius 1 is 1.00 bits per heavy atom. The van der Waals surface area contributed by atoms with Crippen LogP contribution < -0.4 is 20.5 Å². The predicted octanol–water partition coefficient (Wildman–Crippen LogP) is 4.00. The Morgan fingerprint density at radius 2 is 1.60 bits per heavy atom. The fourth-order valence-electron chi connectivity index (χ4n) is 4.25. The van der Waals surface area contributed by atoms with Crippen LogP contribution in [0.3, 0.4) is 0 Å². The number of carbonyl (C=O) groups is 3. The number of primary amides is 1. The van der Waals surface area contributed by atoms with Crippen molar-refractivity contribution in [3.05, 3.63) is 58.1 Å². The fraction of sp³-hybridized carbons (Fsp3) is 0.483. The van der Waals surface area contributed by atoms with Gasteiger partial charge >= 0.3 is 12.5 Å². The number of hydrogen-bond donors (Lipinski definition) is 3. The first-order valence-corrected chi connectivity index (χ1v) is 16.7. The molecule has 3 amide bonds. The predicted molar refractivity (Wildman–Crippen MR) is 169 cm³/mol. The maximum Gasteiger partial charge on any atom is 0.573 e. The number of alkyl halides is 3. The number of amides is 3. The molecule has 48 heavy (non-hydrogen) atoms. The van der Waals surface area contributed by atoms with E-state index in [1.54, 1.807) is 52.0 Å². The summed E-state index contributed by atoms with van der Waals surface area (Å²) in [6.07, 6.45) is -9.24. The number of nitrogens with zero attached hydrogens (tertiary/aromatic N) is 1. The summed E-state index contributed by atoms with van der Waals surface area (Å²) in [5.41, 5.74) is 5.73. The van der Waals surface area contributed by atoms with E-state index < -0.39 is 81.0 Å². The molecule has 0 aliphatic rings. The molecule has 0 saturated carbocycles. The average molecular weight is 746 g/mol. The third kappa shape index (κ3) is 13.3.